The SMILES string of the molecule is COc1ccc(C(=O)NN2C(=O)/C(=C\c3cc(Br)ccc3OCc3ccc(Cl)cc3)SC2=S)cc1. The second-order valence-electron chi connectivity index (χ2n) is 7.28. The lowest BCUT2D eigenvalue weighted by Crippen LogP contribution is -2.44. The van der Waals surface area contributed by atoms with E-state index in [-0.39, 0.29) is 4.32 Å². The van der Waals surface area contributed by atoms with Crippen molar-refractivity contribution in [3.63, 3.8) is 0 Å². The zero-order chi connectivity index (χ0) is 24.9. The van der Waals surface area contributed by atoms with E-state index in [1.807, 2.05) is 30.3 Å². The number of carbonyl (C=O) groups is 2. The molecule has 1 aliphatic heterocycles. The number of rotatable bonds is 7. The predicted octanol–water partition coefficient (Wildman–Crippen LogP) is 6.24. The van der Waals surface area contributed by atoms with Crippen molar-refractivity contribution in [1.82, 2.24) is 10.4 Å². The summed E-state index contributed by atoms with van der Waals surface area (Å²) in [5, 5.41) is 1.73. The molecule has 0 spiro atoms. The molecule has 0 radical (unpaired) electrons. The number of thioether (sulfide) groups is 1. The van der Waals surface area contributed by atoms with Crippen molar-refractivity contribution >= 4 is 73.7 Å². The number of halogens is 2. The van der Waals surface area contributed by atoms with Gasteiger partial charge < -0.3 is 9.47 Å². The van der Waals surface area contributed by atoms with Crippen molar-refractivity contribution < 1.29 is 19.1 Å². The van der Waals surface area contributed by atoms with E-state index in [1.165, 1.54) is 0 Å². The van der Waals surface area contributed by atoms with E-state index < -0.39 is 11.8 Å². The summed E-state index contributed by atoms with van der Waals surface area (Å²) in [5.74, 6) is 0.332. The smallest absolute Gasteiger partial charge is 0.285 e. The highest BCUT2D eigenvalue weighted by molar-refractivity contribution is 9.10. The van der Waals surface area contributed by atoms with E-state index in [2.05, 4.69) is 21.4 Å². The molecule has 0 saturated carbocycles. The normalized spacial score (nSPS) is 14.4. The van der Waals surface area contributed by atoms with Crippen LogP contribution in [0.25, 0.3) is 6.08 Å². The van der Waals surface area contributed by atoms with Gasteiger partial charge in [-0.25, -0.2) is 0 Å². The largest absolute Gasteiger partial charge is 0.497 e. The molecule has 0 aromatic heterocycles. The predicted molar refractivity (Wildman–Crippen MR) is 145 cm³/mol. The molecule has 0 unspecified atom stereocenters. The molecule has 0 atom stereocenters. The fourth-order valence-electron chi connectivity index (χ4n) is 3.12. The molecule has 1 saturated heterocycles. The van der Waals surface area contributed by atoms with Crippen molar-refractivity contribution in [3.8, 4) is 11.5 Å². The van der Waals surface area contributed by atoms with Crippen LogP contribution in [-0.4, -0.2) is 28.3 Å². The van der Waals surface area contributed by atoms with E-state index >= 15 is 0 Å². The van der Waals surface area contributed by atoms with E-state index in [4.69, 9.17) is 33.3 Å². The lowest BCUT2D eigenvalue weighted by molar-refractivity contribution is -0.123. The minimum Gasteiger partial charge on any atom is -0.497 e. The Morgan fingerprint density at radius 3 is 2.54 bits per heavy atom. The molecule has 3 aromatic carbocycles. The molecule has 6 nitrogen and oxygen atoms in total. The number of thiocarbonyl (C=S) groups is 1. The van der Waals surface area contributed by atoms with Crippen molar-refractivity contribution in [2.75, 3.05) is 7.11 Å². The van der Waals surface area contributed by atoms with Crippen LogP contribution >= 0.6 is 51.5 Å². The first-order valence-corrected chi connectivity index (χ1v) is 12.6. The van der Waals surface area contributed by atoms with Crippen LogP contribution in [0.3, 0.4) is 0 Å². The average molecular weight is 590 g/mol. The van der Waals surface area contributed by atoms with Gasteiger partial charge in [0.25, 0.3) is 11.8 Å². The first kappa shape index (κ1) is 25.2. The Balaban J connectivity index is 1.50. The van der Waals surface area contributed by atoms with Crippen LogP contribution in [0.1, 0.15) is 21.5 Å². The molecule has 0 aliphatic carbocycles. The highest BCUT2D eigenvalue weighted by Crippen LogP contribution is 2.34. The van der Waals surface area contributed by atoms with E-state index in [9.17, 15) is 9.59 Å². The van der Waals surface area contributed by atoms with E-state index in [1.54, 1.807) is 49.6 Å². The summed E-state index contributed by atoms with van der Waals surface area (Å²) in [4.78, 5) is 26.0. The number of amides is 2. The summed E-state index contributed by atoms with van der Waals surface area (Å²) in [5.41, 5.74) is 4.59. The van der Waals surface area contributed by atoms with Gasteiger partial charge in [0.15, 0.2) is 4.32 Å². The van der Waals surface area contributed by atoms with Crippen molar-refractivity contribution in [3.05, 3.63) is 97.8 Å². The molecule has 178 valence electrons. The number of ether oxygens (including phenoxy) is 2. The number of hydrogen-bond acceptors (Lipinski definition) is 6. The van der Waals surface area contributed by atoms with Crippen LogP contribution in [0.2, 0.25) is 5.02 Å². The van der Waals surface area contributed by atoms with Gasteiger partial charge in [-0.3, -0.25) is 15.0 Å². The van der Waals surface area contributed by atoms with Gasteiger partial charge in [-0.2, -0.15) is 5.01 Å². The number of nitrogens with zero attached hydrogens (tertiary/aromatic N) is 1. The molecular weight excluding hydrogens is 572 g/mol. The molecule has 1 aliphatic rings. The van der Waals surface area contributed by atoms with Crippen molar-refractivity contribution in [2.45, 2.75) is 6.61 Å². The third-order valence-corrected chi connectivity index (χ3v) is 6.97. The standard InChI is InChI=1S/C25H18BrClN2O4S2/c1-32-20-9-4-16(5-10-20)23(30)28-29-24(31)22(35-25(29)34)13-17-12-18(26)6-11-21(17)33-14-15-2-7-19(27)8-3-15/h2-13H,14H2,1H3,(H,28,30)/b22-13+. The molecule has 4 rings (SSSR count). The molecule has 1 fully saturated rings. The van der Waals surface area contributed by atoms with Crippen LogP contribution in [0, 0.1) is 0 Å². The van der Waals surface area contributed by atoms with Gasteiger partial charge in [0.05, 0.1) is 12.0 Å². The van der Waals surface area contributed by atoms with E-state index in [0.717, 1.165) is 26.8 Å². The number of carbonyl (C=O) groups excluding carboxylic acids is 2. The second-order valence-corrected chi connectivity index (χ2v) is 10.3. The maximum absolute atomic E-state index is 13.0. The Bertz CT molecular complexity index is 1310. The highest BCUT2D eigenvalue weighted by Gasteiger charge is 2.34. The zero-order valence-electron chi connectivity index (χ0n) is 18.3. The number of methoxy groups -OCH3 is 1. The number of nitrogens with one attached hydrogen (secondary N) is 1. The Kier molecular flexibility index (Phi) is 8.12. The van der Waals surface area contributed by atoms with Gasteiger partial charge in [-0.05, 0) is 78.5 Å². The van der Waals surface area contributed by atoms with E-state index in [0.29, 0.717) is 39.2 Å². The van der Waals surface area contributed by atoms with Gasteiger partial charge in [-0.15, -0.1) is 0 Å². The monoisotopic (exact) mass is 588 g/mol. The lowest BCUT2D eigenvalue weighted by Gasteiger charge is -2.15. The molecule has 1 heterocycles. The second kappa shape index (κ2) is 11.3. The van der Waals surface area contributed by atoms with Gasteiger partial charge >= 0.3 is 0 Å². The average Bonchev–Trinajstić information content (AvgIpc) is 3.12. The topological polar surface area (TPSA) is 67.9 Å². The maximum atomic E-state index is 13.0. The Morgan fingerprint density at radius 2 is 1.86 bits per heavy atom. The van der Waals surface area contributed by atoms with Crippen LogP contribution in [0.4, 0.5) is 0 Å². The summed E-state index contributed by atoms with van der Waals surface area (Å²) in [6, 6.07) is 19.4. The minimum absolute atomic E-state index is 0.224. The van der Waals surface area contributed by atoms with Crippen LogP contribution in [0.5, 0.6) is 11.5 Å². The first-order valence-electron chi connectivity index (χ1n) is 10.2. The number of benzene rings is 3. The Hall–Kier alpha value is -2.85. The van der Waals surface area contributed by atoms with Crippen LogP contribution in [0.15, 0.2) is 76.1 Å². The Labute approximate surface area is 225 Å². The summed E-state index contributed by atoms with van der Waals surface area (Å²) in [6.45, 7) is 0.332. The summed E-state index contributed by atoms with van der Waals surface area (Å²) < 4.78 is 12.2. The van der Waals surface area contributed by atoms with Crippen molar-refractivity contribution in [1.29, 1.82) is 0 Å². The van der Waals surface area contributed by atoms with Gasteiger partial charge in [-0.1, -0.05) is 51.4 Å². The number of hydrogen-bond donors (Lipinski definition) is 1. The van der Waals surface area contributed by atoms with Crippen LogP contribution < -0.4 is 14.9 Å². The quantitative estimate of drug-likeness (QED) is 0.260. The molecule has 10 heteroatoms. The molecule has 1 N–H and O–H groups in total. The molecular formula is C25H18BrClN2O4S2. The molecule has 2 amide bonds. The Morgan fingerprint density at radius 1 is 1.14 bits per heavy atom. The molecule has 0 bridgehead atoms. The summed E-state index contributed by atoms with van der Waals surface area (Å²) in [7, 11) is 1.54. The third-order valence-electron chi connectivity index (χ3n) is 4.93. The zero-order valence-corrected chi connectivity index (χ0v) is 22.3. The molecule has 3 aromatic rings. The fraction of sp³-hybridized carbons (Fsp3) is 0.0800. The lowest BCUT2D eigenvalue weighted by atomic mass is 10.1. The summed E-state index contributed by atoms with van der Waals surface area (Å²) in [6.07, 6.45) is 1.70. The fourth-order valence-corrected chi connectivity index (χ4v) is 4.79. The first-order chi connectivity index (χ1) is 16.8. The van der Waals surface area contributed by atoms with Gasteiger partial charge in [0.2, 0.25) is 0 Å². The summed E-state index contributed by atoms with van der Waals surface area (Å²) >= 11 is 15.9. The number of hydrazine groups is 1. The van der Waals surface area contributed by atoms with Crippen molar-refractivity contribution in [2.24, 2.45) is 0 Å². The maximum Gasteiger partial charge on any atom is 0.285 e. The highest BCUT2D eigenvalue weighted by atomic mass is 79.9. The van der Waals surface area contributed by atoms with Gasteiger partial charge in [0, 0.05) is 20.6 Å². The van der Waals surface area contributed by atoms with Crippen LogP contribution in [-0.2, 0) is 11.4 Å². The third kappa shape index (κ3) is 6.24. The molecule has 35 heavy (non-hydrogen) atoms. The minimum atomic E-state index is -0.459. The van der Waals surface area contributed by atoms with Gasteiger partial charge in [0.1, 0.15) is 18.1 Å².